The molecule has 0 atom stereocenters. The summed E-state index contributed by atoms with van der Waals surface area (Å²) >= 11 is 1.74. The van der Waals surface area contributed by atoms with Crippen molar-refractivity contribution in [3.8, 4) is 22.3 Å². The molecule has 6 aromatic rings. The van der Waals surface area contributed by atoms with Crippen molar-refractivity contribution in [1.29, 1.82) is 0 Å². The van der Waals surface area contributed by atoms with Gasteiger partial charge in [0.05, 0.1) is 16.1 Å². The largest absolute Gasteiger partial charge is 1.00 e. The van der Waals surface area contributed by atoms with E-state index in [-0.39, 0.29) is 30.2 Å². The third-order valence-electron chi connectivity index (χ3n) is 13.7. The molecule has 0 saturated heterocycles. The van der Waals surface area contributed by atoms with E-state index in [0.29, 0.717) is 10.8 Å². The number of fused-ring (bicyclic) bond motifs is 2. The molecule has 0 amide bonds. The quantitative estimate of drug-likeness (QED) is 0.0950. The van der Waals surface area contributed by atoms with E-state index < -0.39 is 16.1 Å². The van der Waals surface area contributed by atoms with Gasteiger partial charge in [-0.2, -0.15) is 12.1 Å². The summed E-state index contributed by atoms with van der Waals surface area (Å²) < 4.78 is 0. The fraction of sp³-hybridized carbons (Fsp3) is 0.444. The smallest absolute Gasteiger partial charge is 1.00 e. The summed E-state index contributed by atoms with van der Waals surface area (Å²) in [5.41, 5.74) is 9.89. The molecule has 0 bridgehead atoms. The zero-order chi connectivity index (χ0) is 41.7. The van der Waals surface area contributed by atoms with Gasteiger partial charge in [-0.15, -0.1) is 69.1 Å². The second-order valence-electron chi connectivity index (χ2n) is 20.5. The van der Waals surface area contributed by atoms with Crippen LogP contribution in [-0.2, 0) is 36.2 Å². The predicted molar refractivity (Wildman–Crippen MR) is 263 cm³/mol. The Morgan fingerprint density at radius 1 is 0.533 bits per heavy atom. The molecule has 0 spiro atoms. The molecule has 0 aromatic heterocycles. The summed E-state index contributed by atoms with van der Waals surface area (Å²) in [7, 11) is -2.48. The van der Waals surface area contributed by atoms with Gasteiger partial charge in [-0.25, -0.2) is 0 Å². The molecule has 0 heterocycles. The Kier molecular flexibility index (Phi) is 18.4. The van der Waals surface area contributed by atoms with Gasteiger partial charge in [0.15, 0.2) is 0 Å². The molecule has 0 nitrogen and oxygen atoms in total. The van der Waals surface area contributed by atoms with Crippen LogP contribution < -0.4 is 35.2 Å². The normalized spacial score (nSPS) is 15.7. The molecule has 2 aliphatic rings. The van der Waals surface area contributed by atoms with E-state index in [9.17, 15) is 0 Å². The van der Waals surface area contributed by atoms with Crippen molar-refractivity contribution in [2.24, 2.45) is 10.8 Å². The van der Waals surface area contributed by atoms with Crippen molar-refractivity contribution in [3.05, 3.63) is 120 Å². The number of hydrogen-bond acceptors (Lipinski definition) is 0. The van der Waals surface area contributed by atoms with Crippen LogP contribution in [0.25, 0.3) is 43.8 Å². The Morgan fingerprint density at radius 3 is 1.13 bits per heavy atom. The Hall–Kier alpha value is -1.79. The van der Waals surface area contributed by atoms with Crippen molar-refractivity contribution < 1.29 is 48.1 Å². The third-order valence-corrected chi connectivity index (χ3v) is 17.9. The molecule has 320 valence electrons. The van der Waals surface area contributed by atoms with Crippen LogP contribution in [0.3, 0.4) is 0 Å². The standard InChI is InChI=1S/2C26H33Si.C2H6Si.2ClH.Zr/c2*1-5-26(15-6-7-16-26)19-20-17-22-9-8-10-24(25(22)18-20)21-11-13-23(14-12-21)27(2,3)4;1-3-2;;;/h2*8-14,17-18H,5-7,15-16,19H2,1-4H3;1-2H3;2*1H;/q2*-1;;;;+2/p-2. The van der Waals surface area contributed by atoms with Crippen molar-refractivity contribution >= 4 is 53.5 Å². The van der Waals surface area contributed by atoms with Crippen LogP contribution in [0.5, 0.6) is 0 Å². The van der Waals surface area contributed by atoms with Gasteiger partial charge < -0.3 is 24.8 Å². The van der Waals surface area contributed by atoms with E-state index in [1.807, 2.05) is 0 Å². The third kappa shape index (κ3) is 12.7. The van der Waals surface area contributed by atoms with E-state index >= 15 is 0 Å². The summed E-state index contributed by atoms with van der Waals surface area (Å²) in [6.45, 7) is 23.9. The van der Waals surface area contributed by atoms with Crippen molar-refractivity contribution in [3.63, 3.8) is 0 Å². The SMILES string of the molecule is CCC1(Cc2cc3c(-c4ccc([Si](C)(C)C)cc4)cccc3[cH-]2)CCCC1.CCC1(Cc2cc3c(-c4ccc([Si](C)(C)C)cc4)cccc3[cH-]2)CCCC1.C[Si](C)=[Zr+2].[Cl-].[Cl-]. The number of rotatable bonds is 10. The number of benzene rings is 4. The number of hydrogen-bond donors (Lipinski definition) is 0. The van der Waals surface area contributed by atoms with E-state index in [0.717, 1.165) is 0 Å². The van der Waals surface area contributed by atoms with Gasteiger partial charge in [-0.05, 0) is 60.5 Å². The van der Waals surface area contributed by atoms with Crippen LogP contribution in [0.2, 0.25) is 52.4 Å². The molecule has 2 fully saturated rings. The Labute approximate surface area is 395 Å². The molecule has 0 unspecified atom stereocenters. The molecule has 2 aliphatic carbocycles. The zero-order valence-corrected chi connectivity index (χ0v) is 45.6. The maximum Gasteiger partial charge on any atom is -1.00 e. The first kappa shape index (κ1) is 50.9. The molecule has 60 heavy (non-hydrogen) atoms. The first-order chi connectivity index (χ1) is 27.5. The topological polar surface area (TPSA) is 0 Å². The van der Waals surface area contributed by atoms with Crippen LogP contribution >= 0.6 is 0 Å². The molecule has 0 N–H and O–H groups in total. The van der Waals surface area contributed by atoms with Gasteiger partial charge in [0, 0.05) is 0 Å². The van der Waals surface area contributed by atoms with Crippen molar-refractivity contribution in [1.82, 2.24) is 0 Å². The summed E-state index contributed by atoms with van der Waals surface area (Å²) in [4.78, 5) is 0. The van der Waals surface area contributed by atoms with Gasteiger partial charge >= 0.3 is 41.9 Å². The van der Waals surface area contributed by atoms with Crippen molar-refractivity contribution in [2.45, 2.75) is 143 Å². The summed E-state index contributed by atoms with van der Waals surface area (Å²) in [5.74, 6) is 0. The first-order valence-electron chi connectivity index (χ1n) is 22.6. The monoisotopic (exact) mass is 964 g/mol. The maximum absolute atomic E-state index is 2.48. The van der Waals surface area contributed by atoms with Crippen LogP contribution in [0.4, 0.5) is 0 Å². The van der Waals surface area contributed by atoms with E-state index in [1.165, 1.54) is 131 Å². The molecular weight excluding hydrogens is 895 g/mol. The first-order valence-corrected chi connectivity index (χ1v) is 35.8. The Morgan fingerprint density at radius 2 is 0.850 bits per heavy atom. The van der Waals surface area contributed by atoms with E-state index in [2.05, 4.69) is 175 Å². The molecule has 6 heteroatoms. The van der Waals surface area contributed by atoms with Crippen molar-refractivity contribution in [2.75, 3.05) is 0 Å². The second kappa shape index (κ2) is 21.7. The molecular formula is C54H72Cl2Si3Zr-2. The minimum absolute atomic E-state index is 0. The van der Waals surface area contributed by atoms with Crippen LogP contribution in [0, 0.1) is 10.8 Å². The molecule has 8 rings (SSSR count). The van der Waals surface area contributed by atoms with E-state index in [1.54, 1.807) is 34.5 Å². The van der Waals surface area contributed by atoms with Crippen LogP contribution in [-0.4, -0.2) is 21.6 Å². The average Bonchev–Trinajstić information content (AvgIpc) is 4.01. The average molecular weight is 968 g/mol. The van der Waals surface area contributed by atoms with Gasteiger partial charge in [0.2, 0.25) is 0 Å². The summed E-state index contributed by atoms with van der Waals surface area (Å²) in [6.07, 6.45) is 16.5. The minimum Gasteiger partial charge on any atom is -1.00 e. The molecule has 0 aliphatic heterocycles. The Balaban J connectivity index is 0.000000236. The van der Waals surface area contributed by atoms with Crippen LogP contribution in [0.1, 0.15) is 89.2 Å². The second-order valence-corrected chi connectivity index (χ2v) is 40.0. The van der Waals surface area contributed by atoms with Gasteiger partial charge in [0.25, 0.3) is 0 Å². The zero-order valence-electron chi connectivity index (χ0n) is 38.6. The fourth-order valence-corrected chi connectivity index (χ4v) is 12.4. The van der Waals surface area contributed by atoms with Crippen LogP contribution in [0.15, 0.2) is 109 Å². The van der Waals surface area contributed by atoms with Gasteiger partial charge in [-0.1, -0.05) is 174 Å². The summed E-state index contributed by atoms with van der Waals surface area (Å²) in [5, 5.41) is 8.73. The van der Waals surface area contributed by atoms with E-state index in [4.69, 9.17) is 0 Å². The Bertz CT molecular complexity index is 2110. The van der Waals surface area contributed by atoms with Gasteiger partial charge in [-0.3, -0.25) is 0 Å². The molecule has 2 saturated carbocycles. The molecule has 0 radical (unpaired) electrons. The molecule has 6 aromatic carbocycles. The predicted octanol–water partition coefficient (Wildman–Crippen LogP) is 9.36. The summed E-state index contributed by atoms with van der Waals surface area (Å²) in [6, 6.07) is 42.2. The minimum atomic E-state index is -1.24. The number of halogens is 2. The fourth-order valence-electron chi connectivity index (χ4n) is 10.0. The maximum atomic E-state index is 2.48. The van der Waals surface area contributed by atoms with Gasteiger partial charge in [0.1, 0.15) is 0 Å².